The number of thioether (sulfide) groups is 1. The summed E-state index contributed by atoms with van der Waals surface area (Å²) in [5, 5.41) is 11.1. The fraction of sp³-hybridized carbons (Fsp3) is 0.167. The highest BCUT2D eigenvalue weighted by Crippen LogP contribution is 2.31. The number of anilines is 1. The number of halogens is 1. The number of hydrogen-bond acceptors (Lipinski definition) is 7. The van der Waals surface area contributed by atoms with Gasteiger partial charge in [0.1, 0.15) is 22.9 Å². The van der Waals surface area contributed by atoms with E-state index in [2.05, 4.69) is 15.5 Å². The van der Waals surface area contributed by atoms with Gasteiger partial charge in [0.2, 0.25) is 5.13 Å². The van der Waals surface area contributed by atoms with Gasteiger partial charge in [0.15, 0.2) is 4.34 Å². The highest BCUT2D eigenvalue weighted by molar-refractivity contribution is 8.00. The number of rotatable bonds is 7. The zero-order valence-electron chi connectivity index (χ0n) is 14.6. The Bertz CT molecular complexity index is 927. The number of aromatic nitrogens is 2. The van der Waals surface area contributed by atoms with Crippen molar-refractivity contribution in [3.63, 3.8) is 0 Å². The predicted octanol–water partition coefficient (Wildman–Crippen LogP) is 4.24. The van der Waals surface area contributed by atoms with E-state index in [9.17, 15) is 9.18 Å². The molecule has 3 aromatic rings. The van der Waals surface area contributed by atoms with E-state index in [4.69, 9.17) is 9.47 Å². The topological polar surface area (TPSA) is 73.3 Å². The van der Waals surface area contributed by atoms with E-state index in [0.717, 1.165) is 5.56 Å². The molecule has 3 rings (SSSR count). The molecule has 27 heavy (non-hydrogen) atoms. The summed E-state index contributed by atoms with van der Waals surface area (Å²) in [6.07, 6.45) is 0. The maximum Gasteiger partial charge on any atom is 0.265 e. The lowest BCUT2D eigenvalue weighted by atomic mass is 10.1. The first-order chi connectivity index (χ1) is 13.1. The SMILES string of the molecule is COc1cccc(OC)c1C(=O)Nc1nnc(SCc2cccc(F)c2)s1. The minimum atomic E-state index is -0.401. The van der Waals surface area contributed by atoms with Gasteiger partial charge in [-0.05, 0) is 29.8 Å². The molecule has 0 saturated heterocycles. The Balaban J connectivity index is 1.68. The third-order valence-electron chi connectivity index (χ3n) is 3.53. The maximum absolute atomic E-state index is 13.2. The molecular formula is C18H16FN3O3S2. The van der Waals surface area contributed by atoms with Crippen LogP contribution in [0.25, 0.3) is 0 Å². The second-order valence-corrected chi connectivity index (χ2v) is 7.48. The fourth-order valence-electron chi connectivity index (χ4n) is 2.33. The number of amides is 1. The van der Waals surface area contributed by atoms with Crippen LogP contribution in [0, 0.1) is 5.82 Å². The maximum atomic E-state index is 13.2. The number of methoxy groups -OCH3 is 2. The molecule has 0 aliphatic carbocycles. The zero-order valence-corrected chi connectivity index (χ0v) is 16.2. The van der Waals surface area contributed by atoms with Crippen molar-refractivity contribution >= 4 is 34.1 Å². The lowest BCUT2D eigenvalue weighted by Crippen LogP contribution is -2.14. The average Bonchev–Trinajstić information content (AvgIpc) is 3.13. The van der Waals surface area contributed by atoms with Crippen molar-refractivity contribution in [1.29, 1.82) is 0 Å². The molecule has 1 amide bonds. The number of hydrogen-bond donors (Lipinski definition) is 1. The molecule has 0 aliphatic rings. The molecule has 1 heterocycles. The van der Waals surface area contributed by atoms with Crippen LogP contribution in [0.2, 0.25) is 0 Å². The Morgan fingerprint density at radius 1 is 1.15 bits per heavy atom. The van der Waals surface area contributed by atoms with Crippen molar-refractivity contribution < 1.29 is 18.7 Å². The van der Waals surface area contributed by atoms with Crippen LogP contribution >= 0.6 is 23.1 Å². The second kappa shape index (κ2) is 8.83. The minimum Gasteiger partial charge on any atom is -0.496 e. The summed E-state index contributed by atoms with van der Waals surface area (Å²) in [5.41, 5.74) is 1.13. The van der Waals surface area contributed by atoms with Crippen molar-refractivity contribution in [1.82, 2.24) is 10.2 Å². The molecule has 0 radical (unpaired) electrons. The van der Waals surface area contributed by atoms with Crippen molar-refractivity contribution in [3.8, 4) is 11.5 Å². The molecule has 1 aromatic heterocycles. The van der Waals surface area contributed by atoms with E-state index >= 15 is 0 Å². The predicted molar refractivity (Wildman–Crippen MR) is 103 cm³/mol. The normalized spacial score (nSPS) is 10.5. The van der Waals surface area contributed by atoms with Crippen molar-refractivity contribution in [3.05, 3.63) is 59.4 Å². The van der Waals surface area contributed by atoms with Gasteiger partial charge in [0, 0.05) is 5.75 Å². The molecular weight excluding hydrogens is 389 g/mol. The Hall–Kier alpha value is -2.65. The number of carbonyl (C=O) groups is 1. The first kappa shape index (κ1) is 19.1. The first-order valence-electron chi connectivity index (χ1n) is 7.84. The van der Waals surface area contributed by atoms with Gasteiger partial charge in [-0.3, -0.25) is 10.1 Å². The van der Waals surface area contributed by atoms with Crippen molar-refractivity contribution in [2.24, 2.45) is 0 Å². The number of carbonyl (C=O) groups excluding carboxylic acids is 1. The van der Waals surface area contributed by atoms with Crippen LogP contribution in [0.15, 0.2) is 46.8 Å². The average molecular weight is 405 g/mol. The number of nitrogens with zero attached hydrogens (tertiary/aromatic N) is 2. The van der Waals surface area contributed by atoms with E-state index in [0.29, 0.717) is 26.7 Å². The minimum absolute atomic E-state index is 0.274. The van der Waals surface area contributed by atoms with Crippen LogP contribution in [0.4, 0.5) is 9.52 Å². The van der Waals surface area contributed by atoms with Gasteiger partial charge in [0.25, 0.3) is 5.91 Å². The quantitative estimate of drug-likeness (QED) is 0.468. The Labute approximate surface area is 163 Å². The van der Waals surface area contributed by atoms with Gasteiger partial charge in [-0.25, -0.2) is 4.39 Å². The first-order valence-corrected chi connectivity index (χ1v) is 9.64. The molecule has 0 bridgehead atoms. The third kappa shape index (κ3) is 4.75. The van der Waals surface area contributed by atoms with Gasteiger partial charge in [-0.1, -0.05) is 41.3 Å². The molecule has 0 spiro atoms. The molecule has 0 atom stereocenters. The largest absolute Gasteiger partial charge is 0.496 e. The number of nitrogens with one attached hydrogen (secondary N) is 1. The number of benzene rings is 2. The highest BCUT2D eigenvalue weighted by atomic mass is 32.2. The summed E-state index contributed by atoms with van der Waals surface area (Å²) < 4.78 is 24.4. The number of ether oxygens (including phenoxy) is 2. The van der Waals surface area contributed by atoms with Gasteiger partial charge in [0.05, 0.1) is 14.2 Å². The molecule has 1 N–H and O–H groups in total. The Kier molecular flexibility index (Phi) is 6.25. The van der Waals surface area contributed by atoms with Crippen LogP contribution in [-0.4, -0.2) is 30.3 Å². The van der Waals surface area contributed by atoms with E-state index in [1.54, 1.807) is 24.3 Å². The second-order valence-electron chi connectivity index (χ2n) is 5.28. The lowest BCUT2D eigenvalue weighted by Gasteiger charge is -2.11. The third-order valence-corrected chi connectivity index (χ3v) is 5.58. The standard InChI is InChI=1S/C18H16FN3O3S2/c1-24-13-7-4-8-14(25-2)15(13)16(23)20-17-21-22-18(27-17)26-10-11-5-3-6-12(19)9-11/h3-9H,10H2,1-2H3,(H,20,21,23). The van der Waals surface area contributed by atoms with E-state index in [1.807, 2.05) is 6.07 Å². The van der Waals surface area contributed by atoms with Crippen LogP contribution in [0.1, 0.15) is 15.9 Å². The van der Waals surface area contributed by atoms with Crippen LogP contribution in [0.3, 0.4) is 0 Å². The molecule has 140 valence electrons. The van der Waals surface area contributed by atoms with Crippen LogP contribution in [-0.2, 0) is 5.75 Å². The summed E-state index contributed by atoms with van der Waals surface area (Å²) >= 11 is 2.66. The van der Waals surface area contributed by atoms with E-state index in [-0.39, 0.29) is 11.4 Å². The zero-order chi connectivity index (χ0) is 19.2. The molecule has 6 nitrogen and oxygen atoms in total. The molecule has 2 aromatic carbocycles. The van der Waals surface area contributed by atoms with E-state index in [1.165, 1.54) is 49.5 Å². The van der Waals surface area contributed by atoms with Gasteiger partial charge in [-0.2, -0.15) is 0 Å². The fourth-order valence-corrected chi connectivity index (χ4v) is 4.02. The summed E-state index contributed by atoms with van der Waals surface area (Å²) in [5.74, 6) is 0.682. The Morgan fingerprint density at radius 3 is 2.52 bits per heavy atom. The van der Waals surface area contributed by atoms with Crippen molar-refractivity contribution in [2.75, 3.05) is 19.5 Å². The molecule has 9 heteroatoms. The Morgan fingerprint density at radius 2 is 1.85 bits per heavy atom. The molecule has 0 saturated carbocycles. The highest BCUT2D eigenvalue weighted by Gasteiger charge is 2.19. The summed E-state index contributed by atoms with van der Waals surface area (Å²) in [6, 6.07) is 11.5. The van der Waals surface area contributed by atoms with Crippen molar-refractivity contribution in [2.45, 2.75) is 10.1 Å². The molecule has 0 aliphatic heterocycles. The van der Waals surface area contributed by atoms with Gasteiger partial charge >= 0.3 is 0 Å². The summed E-state index contributed by atoms with van der Waals surface area (Å²) in [4.78, 5) is 12.6. The molecule has 0 fully saturated rings. The molecule has 0 unspecified atom stereocenters. The monoisotopic (exact) mass is 405 g/mol. The van der Waals surface area contributed by atoms with E-state index < -0.39 is 5.91 Å². The lowest BCUT2D eigenvalue weighted by molar-refractivity contribution is 0.102. The van der Waals surface area contributed by atoms with Gasteiger partial charge in [-0.15, -0.1) is 10.2 Å². The van der Waals surface area contributed by atoms with Gasteiger partial charge < -0.3 is 9.47 Å². The van der Waals surface area contributed by atoms with Crippen LogP contribution in [0.5, 0.6) is 11.5 Å². The summed E-state index contributed by atoms with van der Waals surface area (Å²) in [7, 11) is 2.97. The van der Waals surface area contributed by atoms with Crippen LogP contribution < -0.4 is 14.8 Å². The summed E-state index contributed by atoms with van der Waals surface area (Å²) in [6.45, 7) is 0. The smallest absolute Gasteiger partial charge is 0.265 e.